The molecule has 1 fully saturated rings. The van der Waals surface area contributed by atoms with Crippen molar-refractivity contribution in [2.45, 2.75) is 6.42 Å². The maximum atomic E-state index is 13.2. The minimum atomic E-state index is -0.243. The molecule has 34 heavy (non-hydrogen) atoms. The highest BCUT2D eigenvalue weighted by atomic mass is 16.5. The maximum Gasteiger partial charge on any atom is 0.251 e. The van der Waals surface area contributed by atoms with Crippen LogP contribution in [-0.4, -0.2) is 66.0 Å². The van der Waals surface area contributed by atoms with E-state index in [1.807, 2.05) is 6.07 Å². The number of nitrogens with zero attached hydrogens (tertiary/aromatic N) is 4. The first-order valence-electron chi connectivity index (χ1n) is 11.1. The van der Waals surface area contributed by atoms with E-state index in [0.29, 0.717) is 43.1 Å². The number of amides is 1. The number of Topliss-reactive ketones (excluding diaryl/α,β-unsaturated/α-hetero) is 1. The van der Waals surface area contributed by atoms with Crippen LogP contribution in [0.5, 0.6) is 0 Å². The Morgan fingerprint density at radius 2 is 1.85 bits per heavy atom. The Hall–Kier alpha value is -3.89. The molecule has 0 spiro atoms. The first kappa shape index (κ1) is 23.3. The molecule has 0 bridgehead atoms. The summed E-state index contributed by atoms with van der Waals surface area (Å²) in [5, 5.41) is 2.72. The first-order chi connectivity index (χ1) is 16.6. The summed E-state index contributed by atoms with van der Waals surface area (Å²) in [5.74, 6) is -0.376. The van der Waals surface area contributed by atoms with Gasteiger partial charge in [0.2, 0.25) is 0 Å². The van der Waals surface area contributed by atoms with Crippen LogP contribution in [0.25, 0.3) is 11.3 Å². The van der Waals surface area contributed by atoms with Gasteiger partial charge in [0.05, 0.1) is 25.1 Å². The van der Waals surface area contributed by atoms with E-state index in [9.17, 15) is 9.59 Å². The predicted molar refractivity (Wildman–Crippen MR) is 129 cm³/mol. The molecule has 4 rings (SSSR count). The van der Waals surface area contributed by atoms with E-state index < -0.39 is 0 Å². The van der Waals surface area contributed by atoms with E-state index in [1.54, 1.807) is 36.7 Å². The fourth-order valence-electron chi connectivity index (χ4n) is 3.75. The van der Waals surface area contributed by atoms with Crippen molar-refractivity contribution in [2.24, 2.45) is 5.73 Å². The van der Waals surface area contributed by atoms with E-state index in [1.165, 1.54) is 6.20 Å². The number of benzene rings is 1. The quantitative estimate of drug-likeness (QED) is 0.419. The van der Waals surface area contributed by atoms with Crippen molar-refractivity contribution >= 4 is 23.2 Å². The first-order valence-corrected chi connectivity index (χ1v) is 11.1. The van der Waals surface area contributed by atoms with Crippen LogP contribution in [0, 0.1) is 0 Å². The minimum absolute atomic E-state index is 0.0725. The lowest BCUT2D eigenvalue weighted by molar-refractivity contribution is 0.0953. The molecule has 0 saturated carbocycles. The number of carbonyl (C=O) groups excluding carboxylic acids is 2. The summed E-state index contributed by atoms with van der Waals surface area (Å²) in [6.45, 7) is 3.56. The monoisotopic (exact) mass is 461 g/mol. The molecule has 1 aliphatic heterocycles. The Balaban J connectivity index is 1.54. The van der Waals surface area contributed by atoms with Gasteiger partial charge in [0.1, 0.15) is 5.69 Å². The highest BCUT2D eigenvalue weighted by Crippen LogP contribution is 2.24. The normalized spacial score (nSPS) is 13.5. The summed E-state index contributed by atoms with van der Waals surface area (Å²) < 4.78 is 5.43. The molecular formula is C24H27N7O3. The second kappa shape index (κ2) is 10.8. The number of nitrogens with two attached hydrogens (primary N) is 2. The number of ketones is 1. The zero-order valence-corrected chi connectivity index (χ0v) is 18.7. The van der Waals surface area contributed by atoms with Gasteiger partial charge in [-0.15, -0.1) is 0 Å². The fourth-order valence-corrected chi connectivity index (χ4v) is 3.75. The van der Waals surface area contributed by atoms with Crippen molar-refractivity contribution in [3.63, 3.8) is 0 Å². The number of nitrogen functional groups attached to an aromatic ring is 1. The molecule has 1 aliphatic rings. The summed E-state index contributed by atoms with van der Waals surface area (Å²) in [6.07, 6.45) is 5.03. The van der Waals surface area contributed by atoms with Crippen molar-refractivity contribution < 1.29 is 14.3 Å². The Morgan fingerprint density at radius 3 is 2.59 bits per heavy atom. The zero-order chi connectivity index (χ0) is 23.9. The van der Waals surface area contributed by atoms with Crippen molar-refractivity contribution in [2.75, 3.05) is 50.0 Å². The van der Waals surface area contributed by atoms with Gasteiger partial charge < -0.3 is 26.4 Å². The van der Waals surface area contributed by atoms with Gasteiger partial charge in [-0.25, -0.2) is 9.97 Å². The molecule has 0 unspecified atom stereocenters. The number of hydrogen-bond donors (Lipinski definition) is 3. The molecule has 0 aliphatic carbocycles. The molecular weight excluding hydrogens is 434 g/mol. The molecule has 176 valence electrons. The summed E-state index contributed by atoms with van der Waals surface area (Å²) in [4.78, 5) is 40.3. The number of aromatic nitrogens is 3. The van der Waals surface area contributed by atoms with Crippen molar-refractivity contribution in [1.29, 1.82) is 0 Å². The highest BCUT2D eigenvalue weighted by molar-refractivity contribution is 6.00. The molecule has 5 N–H and O–H groups in total. The number of anilines is 2. The van der Waals surface area contributed by atoms with E-state index in [2.05, 4.69) is 25.2 Å². The number of carbonyl (C=O) groups is 2. The van der Waals surface area contributed by atoms with Gasteiger partial charge >= 0.3 is 0 Å². The summed E-state index contributed by atoms with van der Waals surface area (Å²) >= 11 is 0. The SMILES string of the molecule is NCCNC(=O)c1ccc(-c2cnc(N)c(C(=O)Cc3cnccc3N3CCOCC3)n2)cc1. The smallest absolute Gasteiger partial charge is 0.251 e. The van der Waals surface area contributed by atoms with Crippen molar-refractivity contribution in [3.05, 3.63) is 65.7 Å². The van der Waals surface area contributed by atoms with Crippen molar-refractivity contribution in [3.8, 4) is 11.3 Å². The Labute approximate surface area is 197 Å². The summed E-state index contributed by atoms with van der Waals surface area (Å²) in [7, 11) is 0. The number of nitrogens with one attached hydrogen (secondary N) is 1. The molecule has 1 amide bonds. The zero-order valence-electron chi connectivity index (χ0n) is 18.7. The van der Waals surface area contributed by atoms with Crippen LogP contribution in [0.2, 0.25) is 0 Å². The van der Waals surface area contributed by atoms with Gasteiger partial charge in [0.25, 0.3) is 5.91 Å². The molecule has 0 radical (unpaired) electrons. The van der Waals surface area contributed by atoms with Crippen LogP contribution >= 0.6 is 0 Å². The molecule has 3 aromatic rings. The van der Waals surface area contributed by atoms with Crippen LogP contribution in [0.3, 0.4) is 0 Å². The van der Waals surface area contributed by atoms with Gasteiger partial charge in [-0.3, -0.25) is 14.6 Å². The van der Waals surface area contributed by atoms with Crippen molar-refractivity contribution in [1.82, 2.24) is 20.3 Å². The minimum Gasteiger partial charge on any atom is -0.382 e. The number of morpholine rings is 1. The van der Waals surface area contributed by atoms with Gasteiger partial charge in [-0.05, 0) is 18.2 Å². The lowest BCUT2D eigenvalue weighted by Gasteiger charge is -2.30. The number of hydrogen-bond acceptors (Lipinski definition) is 9. The third kappa shape index (κ3) is 5.36. The van der Waals surface area contributed by atoms with E-state index in [4.69, 9.17) is 16.2 Å². The third-order valence-electron chi connectivity index (χ3n) is 5.52. The maximum absolute atomic E-state index is 13.2. The lowest BCUT2D eigenvalue weighted by atomic mass is 10.0. The molecule has 2 aromatic heterocycles. The fraction of sp³-hybridized carbons (Fsp3) is 0.292. The van der Waals surface area contributed by atoms with Gasteiger partial charge in [0, 0.05) is 67.4 Å². The van der Waals surface area contributed by atoms with Crippen LogP contribution in [-0.2, 0) is 11.2 Å². The van der Waals surface area contributed by atoms with E-state index in [0.717, 1.165) is 24.3 Å². The topological polar surface area (TPSA) is 149 Å². The van der Waals surface area contributed by atoms with Gasteiger partial charge in [0.15, 0.2) is 11.6 Å². The number of ether oxygens (including phenoxy) is 1. The number of rotatable bonds is 8. The highest BCUT2D eigenvalue weighted by Gasteiger charge is 2.20. The Bertz CT molecular complexity index is 1160. The molecule has 10 nitrogen and oxygen atoms in total. The molecule has 0 atom stereocenters. The third-order valence-corrected chi connectivity index (χ3v) is 5.52. The number of pyridine rings is 1. The average Bonchev–Trinajstić information content (AvgIpc) is 2.88. The van der Waals surface area contributed by atoms with Crippen LogP contribution in [0.15, 0.2) is 48.9 Å². The van der Waals surface area contributed by atoms with Gasteiger partial charge in [-0.2, -0.15) is 0 Å². The predicted octanol–water partition coefficient (Wildman–Crippen LogP) is 1.07. The van der Waals surface area contributed by atoms with E-state index >= 15 is 0 Å². The Kier molecular flexibility index (Phi) is 7.41. The van der Waals surface area contributed by atoms with Crippen LogP contribution < -0.4 is 21.7 Å². The van der Waals surface area contributed by atoms with Crippen LogP contribution in [0.4, 0.5) is 11.5 Å². The summed E-state index contributed by atoms with van der Waals surface area (Å²) in [5.41, 5.74) is 15.0. The second-order valence-corrected chi connectivity index (χ2v) is 7.81. The molecule has 10 heteroatoms. The van der Waals surface area contributed by atoms with Crippen LogP contribution in [0.1, 0.15) is 26.4 Å². The van der Waals surface area contributed by atoms with E-state index in [-0.39, 0.29) is 29.6 Å². The average molecular weight is 462 g/mol. The molecule has 1 saturated heterocycles. The molecule has 3 heterocycles. The van der Waals surface area contributed by atoms with Gasteiger partial charge in [-0.1, -0.05) is 12.1 Å². The lowest BCUT2D eigenvalue weighted by Crippen LogP contribution is -2.37. The summed E-state index contributed by atoms with van der Waals surface area (Å²) in [6, 6.07) is 8.79. The second-order valence-electron chi connectivity index (χ2n) is 7.81. The standard InChI is InChI=1S/C24H27N7O3/c25-6-8-28-24(33)17-3-1-16(2-4-17)19-15-29-23(26)22(30-19)21(32)13-18-14-27-7-5-20(18)31-9-11-34-12-10-31/h1-5,7,14-15H,6,8-13,25H2,(H2,26,29)(H,28,33). The largest absolute Gasteiger partial charge is 0.382 e. The Morgan fingerprint density at radius 1 is 1.09 bits per heavy atom. The molecule has 1 aromatic carbocycles.